The monoisotopic (exact) mass is 400 g/mol. The van der Waals surface area contributed by atoms with Gasteiger partial charge in [-0.15, -0.1) is 0 Å². The zero-order valence-electron chi connectivity index (χ0n) is 9.75. The van der Waals surface area contributed by atoms with Gasteiger partial charge in [-0.05, 0) is 56.1 Å². The summed E-state index contributed by atoms with van der Waals surface area (Å²) in [5.74, 6) is -0.461. The van der Waals surface area contributed by atoms with E-state index < -0.39 is 10.9 Å². The molecule has 0 bridgehead atoms. The standard InChI is InChI=1S/C12H6Br2N2O4/c13-8-4-3-7(6-9(8)16(18)19)12(17)20-10-2-1-5-15-11(10)14/h1-6H. The second kappa shape index (κ2) is 6.10. The lowest BCUT2D eigenvalue weighted by Crippen LogP contribution is -2.09. The molecule has 102 valence electrons. The van der Waals surface area contributed by atoms with E-state index in [1.165, 1.54) is 18.3 Å². The van der Waals surface area contributed by atoms with Crippen LogP contribution in [-0.4, -0.2) is 15.9 Å². The summed E-state index contributed by atoms with van der Waals surface area (Å²) in [5.41, 5.74) is -0.125. The average molecular weight is 402 g/mol. The predicted octanol–water partition coefficient (Wildman–Crippen LogP) is 3.73. The predicted molar refractivity (Wildman–Crippen MR) is 77.7 cm³/mol. The third kappa shape index (κ3) is 3.20. The number of esters is 1. The molecule has 0 spiro atoms. The van der Waals surface area contributed by atoms with Gasteiger partial charge in [-0.1, -0.05) is 0 Å². The highest BCUT2D eigenvalue weighted by Gasteiger charge is 2.18. The van der Waals surface area contributed by atoms with Crippen molar-refractivity contribution in [3.05, 3.63) is 61.3 Å². The summed E-state index contributed by atoms with van der Waals surface area (Å²) in [6.07, 6.45) is 1.53. The molecule has 0 aliphatic heterocycles. The first-order valence-electron chi connectivity index (χ1n) is 5.25. The highest BCUT2D eigenvalue weighted by Crippen LogP contribution is 2.27. The van der Waals surface area contributed by atoms with Gasteiger partial charge in [0.05, 0.1) is 15.0 Å². The molecular formula is C12H6Br2N2O4. The molecule has 20 heavy (non-hydrogen) atoms. The van der Waals surface area contributed by atoms with Crippen molar-refractivity contribution in [2.24, 2.45) is 0 Å². The zero-order chi connectivity index (χ0) is 14.7. The molecule has 0 amide bonds. The summed E-state index contributed by atoms with van der Waals surface area (Å²) in [4.78, 5) is 26.1. The number of ether oxygens (including phenoxy) is 1. The molecule has 0 N–H and O–H groups in total. The first-order valence-corrected chi connectivity index (χ1v) is 6.84. The van der Waals surface area contributed by atoms with E-state index in [-0.39, 0.29) is 17.0 Å². The third-order valence-electron chi connectivity index (χ3n) is 2.31. The minimum atomic E-state index is -0.700. The number of carbonyl (C=O) groups excluding carboxylic acids is 1. The second-order valence-electron chi connectivity index (χ2n) is 3.61. The molecule has 1 heterocycles. The van der Waals surface area contributed by atoms with Crippen molar-refractivity contribution in [3.63, 3.8) is 0 Å². The van der Waals surface area contributed by atoms with Crippen LogP contribution in [0.4, 0.5) is 5.69 Å². The van der Waals surface area contributed by atoms with Crippen molar-refractivity contribution in [3.8, 4) is 5.75 Å². The second-order valence-corrected chi connectivity index (χ2v) is 5.21. The SMILES string of the molecule is O=C(Oc1cccnc1Br)c1ccc(Br)c([N+](=O)[O-])c1. The van der Waals surface area contributed by atoms with E-state index in [0.29, 0.717) is 9.08 Å². The van der Waals surface area contributed by atoms with Gasteiger partial charge in [0.15, 0.2) is 5.75 Å². The number of pyridine rings is 1. The Morgan fingerprint density at radius 2 is 2.05 bits per heavy atom. The molecule has 0 atom stereocenters. The number of nitrogens with zero attached hydrogens (tertiary/aromatic N) is 2. The first-order chi connectivity index (χ1) is 9.49. The molecule has 0 saturated carbocycles. The van der Waals surface area contributed by atoms with Gasteiger partial charge >= 0.3 is 5.97 Å². The van der Waals surface area contributed by atoms with Gasteiger partial charge in [0, 0.05) is 12.3 Å². The lowest BCUT2D eigenvalue weighted by Gasteiger charge is -2.05. The number of nitro groups is 1. The molecule has 6 nitrogen and oxygen atoms in total. The van der Waals surface area contributed by atoms with Gasteiger partial charge in [-0.25, -0.2) is 9.78 Å². The molecule has 0 unspecified atom stereocenters. The van der Waals surface area contributed by atoms with Crippen LogP contribution in [0, 0.1) is 10.1 Å². The molecule has 2 aromatic rings. The molecule has 1 aromatic heterocycles. The van der Waals surface area contributed by atoms with Gasteiger partial charge < -0.3 is 4.74 Å². The number of benzene rings is 1. The first kappa shape index (κ1) is 14.6. The van der Waals surface area contributed by atoms with Crippen molar-refractivity contribution in [1.82, 2.24) is 4.98 Å². The van der Waals surface area contributed by atoms with Crippen LogP contribution in [0.3, 0.4) is 0 Å². The van der Waals surface area contributed by atoms with Gasteiger partial charge in [0.1, 0.15) is 4.60 Å². The highest BCUT2D eigenvalue weighted by molar-refractivity contribution is 9.10. The third-order valence-corrected chi connectivity index (χ3v) is 3.57. The number of nitro benzene ring substituents is 1. The molecule has 0 radical (unpaired) electrons. The number of aromatic nitrogens is 1. The fraction of sp³-hybridized carbons (Fsp3) is 0. The minimum Gasteiger partial charge on any atom is -0.420 e. The minimum absolute atomic E-state index is 0.0793. The lowest BCUT2D eigenvalue weighted by molar-refractivity contribution is -0.385. The van der Waals surface area contributed by atoms with Gasteiger partial charge in [-0.3, -0.25) is 10.1 Å². The lowest BCUT2D eigenvalue weighted by atomic mass is 10.2. The zero-order valence-corrected chi connectivity index (χ0v) is 12.9. The van der Waals surface area contributed by atoms with Crippen molar-refractivity contribution in [2.45, 2.75) is 0 Å². The van der Waals surface area contributed by atoms with E-state index in [2.05, 4.69) is 36.8 Å². The summed E-state index contributed by atoms with van der Waals surface area (Å²) in [6.45, 7) is 0. The van der Waals surface area contributed by atoms with Gasteiger partial charge in [0.25, 0.3) is 5.69 Å². The molecule has 0 aliphatic rings. The molecule has 2 rings (SSSR count). The topological polar surface area (TPSA) is 82.3 Å². The Labute approximate surface area is 130 Å². The largest absolute Gasteiger partial charge is 0.420 e. The maximum atomic E-state index is 11.9. The van der Waals surface area contributed by atoms with Crippen LogP contribution in [-0.2, 0) is 0 Å². The Morgan fingerprint density at radius 1 is 1.30 bits per heavy atom. The fourth-order valence-corrected chi connectivity index (χ4v) is 2.11. The van der Waals surface area contributed by atoms with Crippen LogP contribution < -0.4 is 4.74 Å². The molecule has 0 aliphatic carbocycles. The van der Waals surface area contributed by atoms with Crippen LogP contribution in [0.5, 0.6) is 5.75 Å². The van der Waals surface area contributed by atoms with Crippen molar-refractivity contribution >= 4 is 43.5 Å². The summed E-state index contributed by atoms with van der Waals surface area (Å²) in [6, 6.07) is 7.17. The normalized spacial score (nSPS) is 10.1. The number of hydrogen-bond acceptors (Lipinski definition) is 5. The van der Waals surface area contributed by atoms with E-state index in [1.807, 2.05) is 0 Å². The number of rotatable bonds is 3. The van der Waals surface area contributed by atoms with E-state index in [0.717, 1.165) is 6.07 Å². The number of hydrogen-bond donors (Lipinski definition) is 0. The van der Waals surface area contributed by atoms with E-state index in [4.69, 9.17) is 4.74 Å². The molecular weight excluding hydrogens is 396 g/mol. The maximum absolute atomic E-state index is 11.9. The Bertz CT molecular complexity index is 691. The van der Waals surface area contributed by atoms with E-state index in [1.54, 1.807) is 12.1 Å². The van der Waals surface area contributed by atoms with Gasteiger partial charge in [0.2, 0.25) is 0 Å². The van der Waals surface area contributed by atoms with E-state index in [9.17, 15) is 14.9 Å². The van der Waals surface area contributed by atoms with Crippen molar-refractivity contribution in [1.29, 1.82) is 0 Å². The Hall–Kier alpha value is -1.80. The maximum Gasteiger partial charge on any atom is 0.343 e. The molecule has 1 aromatic carbocycles. The summed E-state index contributed by atoms with van der Waals surface area (Å²) in [7, 11) is 0. The summed E-state index contributed by atoms with van der Waals surface area (Å²) in [5, 5.41) is 10.8. The van der Waals surface area contributed by atoms with Crippen LogP contribution >= 0.6 is 31.9 Å². The summed E-state index contributed by atoms with van der Waals surface area (Å²) >= 11 is 6.19. The van der Waals surface area contributed by atoms with Crippen LogP contribution in [0.25, 0.3) is 0 Å². The molecule has 0 saturated heterocycles. The fourth-order valence-electron chi connectivity index (χ4n) is 1.39. The Kier molecular flexibility index (Phi) is 4.46. The smallest absolute Gasteiger partial charge is 0.343 e. The van der Waals surface area contributed by atoms with Crippen LogP contribution in [0.15, 0.2) is 45.6 Å². The van der Waals surface area contributed by atoms with Crippen LogP contribution in [0.2, 0.25) is 0 Å². The highest BCUT2D eigenvalue weighted by atomic mass is 79.9. The van der Waals surface area contributed by atoms with Crippen LogP contribution in [0.1, 0.15) is 10.4 Å². The van der Waals surface area contributed by atoms with E-state index >= 15 is 0 Å². The Morgan fingerprint density at radius 3 is 2.70 bits per heavy atom. The quantitative estimate of drug-likeness (QED) is 0.338. The van der Waals surface area contributed by atoms with Crippen molar-refractivity contribution in [2.75, 3.05) is 0 Å². The van der Waals surface area contributed by atoms with Gasteiger partial charge in [-0.2, -0.15) is 0 Å². The number of halogens is 2. The average Bonchev–Trinajstić information content (AvgIpc) is 2.41. The summed E-state index contributed by atoms with van der Waals surface area (Å²) < 4.78 is 5.79. The number of carbonyl (C=O) groups is 1. The molecule has 8 heteroatoms. The Balaban J connectivity index is 2.28. The molecule has 0 fully saturated rings. The van der Waals surface area contributed by atoms with Crippen molar-refractivity contribution < 1.29 is 14.5 Å².